The summed E-state index contributed by atoms with van der Waals surface area (Å²) in [6, 6.07) is 0. The summed E-state index contributed by atoms with van der Waals surface area (Å²) in [5.41, 5.74) is 1.51. The highest BCUT2D eigenvalue weighted by Crippen LogP contribution is 2.41. The average Bonchev–Trinajstić information content (AvgIpc) is 3.30. The standard InChI is InChI=1S/C22H32N4OS/c1-15-7-10-25(11-8-15)13-19-23-21(26-9-3-4-16(12-26)14-27)20-17-5-2-6-18(17)28-22(20)24-19/h15-16,27H,2-14H2,1H3/t16-/m1/s1. The van der Waals surface area contributed by atoms with Crippen LogP contribution in [0.2, 0.25) is 0 Å². The minimum Gasteiger partial charge on any atom is -0.396 e. The molecule has 28 heavy (non-hydrogen) atoms. The maximum absolute atomic E-state index is 9.71. The number of anilines is 1. The van der Waals surface area contributed by atoms with E-state index in [-0.39, 0.29) is 6.61 Å². The van der Waals surface area contributed by atoms with E-state index < -0.39 is 0 Å². The zero-order chi connectivity index (χ0) is 19.1. The molecule has 0 saturated carbocycles. The fraction of sp³-hybridized carbons (Fsp3) is 0.727. The molecule has 0 amide bonds. The van der Waals surface area contributed by atoms with E-state index >= 15 is 0 Å². The predicted molar refractivity (Wildman–Crippen MR) is 115 cm³/mol. The summed E-state index contributed by atoms with van der Waals surface area (Å²) >= 11 is 1.90. The van der Waals surface area contributed by atoms with Crippen molar-refractivity contribution in [2.75, 3.05) is 37.7 Å². The number of hydrogen-bond acceptors (Lipinski definition) is 6. The molecule has 2 aliphatic heterocycles. The largest absolute Gasteiger partial charge is 0.396 e. The summed E-state index contributed by atoms with van der Waals surface area (Å²) in [6.45, 7) is 7.81. The number of thiophene rings is 1. The van der Waals surface area contributed by atoms with E-state index in [4.69, 9.17) is 9.97 Å². The van der Waals surface area contributed by atoms with Crippen LogP contribution in [-0.2, 0) is 19.4 Å². The van der Waals surface area contributed by atoms with Gasteiger partial charge in [0.15, 0.2) is 0 Å². The number of aliphatic hydroxyl groups excluding tert-OH is 1. The first-order valence-corrected chi connectivity index (χ1v) is 11.9. The van der Waals surface area contributed by atoms with Crippen LogP contribution in [0, 0.1) is 11.8 Å². The molecule has 1 aliphatic carbocycles. The van der Waals surface area contributed by atoms with Gasteiger partial charge in [-0.15, -0.1) is 11.3 Å². The van der Waals surface area contributed by atoms with Crippen molar-refractivity contribution < 1.29 is 5.11 Å². The van der Waals surface area contributed by atoms with Crippen LogP contribution in [0.3, 0.4) is 0 Å². The first kappa shape index (κ1) is 18.8. The van der Waals surface area contributed by atoms with Gasteiger partial charge in [0, 0.05) is 24.6 Å². The molecule has 2 saturated heterocycles. The Hall–Kier alpha value is -1.24. The highest BCUT2D eigenvalue weighted by atomic mass is 32.1. The Morgan fingerprint density at radius 3 is 2.75 bits per heavy atom. The van der Waals surface area contributed by atoms with Crippen molar-refractivity contribution in [2.24, 2.45) is 11.8 Å². The molecule has 0 bridgehead atoms. The Bertz CT molecular complexity index is 843. The number of hydrogen-bond donors (Lipinski definition) is 1. The predicted octanol–water partition coefficient (Wildman–Crippen LogP) is 3.62. The van der Waals surface area contributed by atoms with Gasteiger partial charge >= 0.3 is 0 Å². The number of likely N-dealkylation sites (tertiary alicyclic amines) is 1. The van der Waals surface area contributed by atoms with Crippen LogP contribution >= 0.6 is 11.3 Å². The van der Waals surface area contributed by atoms with E-state index in [2.05, 4.69) is 16.7 Å². The molecule has 4 heterocycles. The average molecular weight is 401 g/mol. The summed E-state index contributed by atoms with van der Waals surface area (Å²) in [5.74, 6) is 3.36. The number of aryl methyl sites for hydroxylation is 2. The quantitative estimate of drug-likeness (QED) is 0.849. The lowest BCUT2D eigenvalue weighted by Crippen LogP contribution is -2.38. The number of nitrogens with zero attached hydrogens (tertiary/aromatic N) is 4. The van der Waals surface area contributed by atoms with Gasteiger partial charge < -0.3 is 10.0 Å². The van der Waals surface area contributed by atoms with Gasteiger partial charge in [0.2, 0.25) is 0 Å². The van der Waals surface area contributed by atoms with Crippen LogP contribution in [0.4, 0.5) is 5.82 Å². The third kappa shape index (κ3) is 3.55. The fourth-order valence-corrected chi connectivity index (χ4v) is 6.42. The second-order valence-electron chi connectivity index (χ2n) is 9.10. The van der Waals surface area contributed by atoms with Gasteiger partial charge in [-0.2, -0.15) is 0 Å². The Balaban J connectivity index is 1.50. The molecule has 1 N–H and O–H groups in total. The summed E-state index contributed by atoms with van der Waals surface area (Å²) in [6.07, 6.45) is 8.48. The third-order valence-corrected chi connectivity index (χ3v) is 8.10. The van der Waals surface area contributed by atoms with Crippen LogP contribution in [0.1, 0.15) is 55.3 Å². The van der Waals surface area contributed by atoms with Crippen LogP contribution < -0.4 is 4.90 Å². The van der Waals surface area contributed by atoms with E-state index in [9.17, 15) is 5.11 Å². The maximum Gasteiger partial charge on any atom is 0.146 e. The zero-order valence-electron chi connectivity index (χ0n) is 17.0. The Morgan fingerprint density at radius 1 is 1.07 bits per heavy atom. The molecule has 6 heteroatoms. The van der Waals surface area contributed by atoms with Gasteiger partial charge in [0.05, 0.1) is 11.9 Å². The smallest absolute Gasteiger partial charge is 0.146 e. The molecule has 152 valence electrons. The van der Waals surface area contributed by atoms with Crippen molar-refractivity contribution in [1.29, 1.82) is 0 Å². The Morgan fingerprint density at radius 2 is 1.93 bits per heavy atom. The summed E-state index contributed by atoms with van der Waals surface area (Å²) in [7, 11) is 0. The van der Waals surface area contributed by atoms with Crippen LogP contribution in [-0.4, -0.2) is 52.8 Å². The molecule has 5 rings (SSSR count). The second-order valence-corrected chi connectivity index (χ2v) is 10.2. The van der Waals surface area contributed by atoms with Crippen molar-refractivity contribution >= 4 is 27.4 Å². The van der Waals surface area contributed by atoms with Gasteiger partial charge in [0.1, 0.15) is 16.5 Å². The van der Waals surface area contributed by atoms with Crippen LogP contribution in [0.5, 0.6) is 0 Å². The number of aliphatic hydroxyl groups is 1. The van der Waals surface area contributed by atoms with E-state index in [1.165, 1.54) is 52.8 Å². The van der Waals surface area contributed by atoms with Gasteiger partial charge in [-0.1, -0.05) is 6.92 Å². The normalized spacial score (nSPS) is 24.2. The zero-order valence-corrected chi connectivity index (χ0v) is 17.8. The SMILES string of the molecule is CC1CCN(Cc2nc(N3CCC[C@@H](CO)C3)c3c4c(sc3n2)CCC4)CC1. The number of rotatable bonds is 4. The van der Waals surface area contributed by atoms with Gasteiger partial charge in [0.25, 0.3) is 0 Å². The van der Waals surface area contributed by atoms with E-state index in [0.717, 1.165) is 63.1 Å². The highest BCUT2D eigenvalue weighted by molar-refractivity contribution is 7.19. The molecule has 0 unspecified atom stereocenters. The summed E-state index contributed by atoms with van der Waals surface area (Å²) in [5, 5.41) is 11.0. The molecule has 1 atom stereocenters. The van der Waals surface area contributed by atoms with Crippen molar-refractivity contribution in [3.63, 3.8) is 0 Å². The highest BCUT2D eigenvalue weighted by Gasteiger charge is 2.28. The molecule has 2 aromatic rings. The molecule has 2 aromatic heterocycles. The number of aromatic nitrogens is 2. The van der Waals surface area contributed by atoms with Crippen LogP contribution in [0.15, 0.2) is 0 Å². The van der Waals surface area contributed by atoms with Gasteiger partial charge in [-0.05, 0) is 75.4 Å². The Kier molecular flexibility index (Phi) is 5.28. The molecule has 0 radical (unpaired) electrons. The minimum absolute atomic E-state index is 0.283. The summed E-state index contributed by atoms with van der Waals surface area (Å²) in [4.78, 5) is 17.9. The first-order valence-electron chi connectivity index (χ1n) is 11.1. The minimum atomic E-state index is 0.283. The van der Waals surface area contributed by atoms with Gasteiger partial charge in [-0.25, -0.2) is 9.97 Å². The topological polar surface area (TPSA) is 52.5 Å². The molecule has 3 aliphatic rings. The lowest BCUT2D eigenvalue weighted by Gasteiger charge is -2.34. The van der Waals surface area contributed by atoms with Gasteiger partial charge in [-0.3, -0.25) is 4.90 Å². The van der Waals surface area contributed by atoms with E-state index in [1.807, 2.05) is 11.3 Å². The molecule has 0 aromatic carbocycles. The second kappa shape index (κ2) is 7.88. The van der Waals surface area contributed by atoms with E-state index in [1.54, 1.807) is 0 Å². The van der Waals surface area contributed by atoms with Crippen molar-refractivity contribution in [1.82, 2.24) is 14.9 Å². The summed E-state index contributed by atoms with van der Waals surface area (Å²) < 4.78 is 0. The van der Waals surface area contributed by atoms with Crippen molar-refractivity contribution in [2.45, 2.75) is 58.4 Å². The van der Waals surface area contributed by atoms with Crippen molar-refractivity contribution in [3.8, 4) is 0 Å². The number of piperidine rings is 2. The first-order chi connectivity index (χ1) is 13.7. The lowest BCUT2D eigenvalue weighted by molar-refractivity contribution is 0.181. The molecule has 2 fully saturated rings. The number of fused-ring (bicyclic) bond motifs is 3. The molecule has 0 spiro atoms. The Labute approximate surface area is 171 Å². The molecular weight excluding hydrogens is 368 g/mol. The van der Waals surface area contributed by atoms with Crippen molar-refractivity contribution in [3.05, 3.63) is 16.3 Å². The molecule has 5 nitrogen and oxygen atoms in total. The fourth-order valence-electron chi connectivity index (χ4n) is 5.15. The lowest BCUT2D eigenvalue weighted by atomic mass is 9.98. The van der Waals surface area contributed by atoms with E-state index in [0.29, 0.717) is 5.92 Å². The maximum atomic E-state index is 9.71. The molecular formula is C22H32N4OS. The third-order valence-electron chi connectivity index (χ3n) is 6.91. The monoisotopic (exact) mass is 400 g/mol. The van der Waals surface area contributed by atoms with Crippen LogP contribution in [0.25, 0.3) is 10.2 Å².